The molecule has 0 spiro atoms. The first kappa shape index (κ1) is 14.2. The van der Waals surface area contributed by atoms with Crippen LogP contribution in [0.4, 0.5) is 5.69 Å². The van der Waals surface area contributed by atoms with E-state index in [1.54, 1.807) is 7.11 Å². The zero-order valence-electron chi connectivity index (χ0n) is 12.8. The zero-order valence-corrected chi connectivity index (χ0v) is 12.8. The van der Waals surface area contributed by atoms with Crippen molar-refractivity contribution in [3.8, 4) is 5.75 Å². The fourth-order valence-corrected chi connectivity index (χ4v) is 3.70. The number of aliphatic imine (C=N–C) groups is 1. The van der Waals surface area contributed by atoms with Crippen molar-refractivity contribution < 1.29 is 4.74 Å². The molecular weight excluding hydrogens is 262 g/mol. The molecule has 1 aromatic rings. The molecule has 1 unspecified atom stereocenters. The molecule has 0 amide bonds. The molecule has 0 bridgehead atoms. The highest BCUT2D eigenvalue weighted by molar-refractivity contribution is 5.98. The van der Waals surface area contributed by atoms with E-state index in [2.05, 4.69) is 16.0 Å². The van der Waals surface area contributed by atoms with Gasteiger partial charge in [0.15, 0.2) is 5.96 Å². The van der Waals surface area contributed by atoms with Crippen molar-refractivity contribution in [2.75, 3.05) is 18.6 Å². The normalized spacial score (nSPS) is 23.8. The van der Waals surface area contributed by atoms with Crippen molar-refractivity contribution in [3.63, 3.8) is 0 Å². The quantitative estimate of drug-likeness (QED) is 0.869. The highest BCUT2D eigenvalue weighted by Crippen LogP contribution is 2.36. The Balaban J connectivity index is 1.88. The molecule has 1 heterocycles. The number of benzene rings is 1. The van der Waals surface area contributed by atoms with E-state index in [-0.39, 0.29) is 0 Å². The summed E-state index contributed by atoms with van der Waals surface area (Å²) in [7, 11) is 1.71. The maximum atomic E-state index is 6.19. The number of methoxy groups -OCH3 is 1. The third kappa shape index (κ3) is 2.85. The molecular formula is C17H25N3O. The topological polar surface area (TPSA) is 50.9 Å². The van der Waals surface area contributed by atoms with Crippen LogP contribution in [-0.4, -0.2) is 25.7 Å². The van der Waals surface area contributed by atoms with Crippen molar-refractivity contribution in [3.05, 3.63) is 24.3 Å². The summed E-state index contributed by atoms with van der Waals surface area (Å²) in [5.74, 6) is 2.19. The Bertz CT molecular complexity index is 507. The van der Waals surface area contributed by atoms with Gasteiger partial charge in [0.1, 0.15) is 5.75 Å². The molecule has 21 heavy (non-hydrogen) atoms. The van der Waals surface area contributed by atoms with E-state index < -0.39 is 0 Å². The van der Waals surface area contributed by atoms with Crippen molar-refractivity contribution in [1.82, 2.24) is 0 Å². The SMILES string of the molecule is COc1ccccc1N1C(N)=NCC1C1CCCCCC1. The van der Waals surface area contributed by atoms with Gasteiger partial charge in [-0.05, 0) is 30.9 Å². The lowest BCUT2D eigenvalue weighted by Gasteiger charge is -2.33. The van der Waals surface area contributed by atoms with Gasteiger partial charge >= 0.3 is 0 Å². The Hall–Kier alpha value is -1.71. The third-order valence-corrected chi connectivity index (χ3v) is 4.81. The molecule has 4 nitrogen and oxygen atoms in total. The number of anilines is 1. The molecule has 1 aromatic carbocycles. The molecule has 1 saturated carbocycles. The third-order valence-electron chi connectivity index (χ3n) is 4.81. The number of hydrogen-bond acceptors (Lipinski definition) is 4. The summed E-state index contributed by atoms with van der Waals surface area (Å²) < 4.78 is 5.51. The Morgan fingerprint density at radius 2 is 1.86 bits per heavy atom. The Morgan fingerprint density at radius 3 is 2.57 bits per heavy atom. The lowest BCUT2D eigenvalue weighted by atomic mass is 9.91. The summed E-state index contributed by atoms with van der Waals surface area (Å²) in [6.45, 7) is 0.814. The van der Waals surface area contributed by atoms with Crippen LogP contribution < -0.4 is 15.4 Å². The van der Waals surface area contributed by atoms with Gasteiger partial charge in [0.05, 0.1) is 25.4 Å². The maximum Gasteiger partial charge on any atom is 0.196 e. The van der Waals surface area contributed by atoms with Gasteiger partial charge in [-0.2, -0.15) is 0 Å². The van der Waals surface area contributed by atoms with Crippen molar-refractivity contribution >= 4 is 11.6 Å². The Morgan fingerprint density at radius 1 is 1.14 bits per heavy atom. The van der Waals surface area contributed by atoms with E-state index in [1.807, 2.05) is 18.2 Å². The minimum atomic E-state index is 0.388. The van der Waals surface area contributed by atoms with E-state index in [0.29, 0.717) is 17.9 Å². The molecule has 0 saturated heterocycles. The first-order valence-electron chi connectivity index (χ1n) is 8.03. The fourth-order valence-electron chi connectivity index (χ4n) is 3.70. The minimum Gasteiger partial charge on any atom is -0.495 e. The second kappa shape index (κ2) is 6.37. The van der Waals surface area contributed by atoms with Crippen LogP contribution in [0.25, 0.3) is 0 Å². The van der Waals surface area contributed by atoms with Gasteiger partial charge in [-0.1, -0.05) is 37.8 Å². The average Bonchev–Trinajstić information content (AvgIpc) is 2.74. The van der Waals surface area contributed by atoms with Crippen LogP contribution >= 0.6 is 0 Å². The monoisotopic (exact) mass is 287 g/mol. The molecule has 114 valence electrons. The molecule has 1 fully saturated rings. The van der Waals surface area contributed by atoms with Crippen molar-refractivity contribution in [2.24, 2.45) is 16.6 Å². The van der Waals surface area contributed by atoms with Crippen LogP contribution in [0.3, 0.4) is 0 Å². The number of para-hydroxylation sites is 2. The summed E-state index contributed by atoms with van der Waals surface area (Å²) in [6, 6.07) is 8.49. The van der Waals surface area contributed by atoms with Gasteiger partial charge in [-0.25, -0.2) is 0 Å². The van der Waals surface area contributed by atoms with E-state index in [0.717, 1.165) is 18.0 Å². The first-order chi connectivity index (χ1) is 10.3. The predicted molar refractivity (Wildman–Crippen MR) is 86.9 cm³/mol. The molecule has 1 aliphatic heterocycles. The van der Waals surface area contributed by atoms with Crippen molar-refractivity contribution in [1.29, 1.82) is 0 Å². The van der Waals surface area contributed by atoms with Crippen molar-refractivity contribution in [2.45, 2.75) is 44.6 Å². The van der Waals surface area contributed by atoms with E-state index >= 15 is 0 Å². The molecule has 4 heteroatoms. The largest absolute Gasteiger partial charge is 0.495 e. The summed E-state index contributed by atoms with van der Waals surface area (Å²) in [5, 5.41) is 0. The summed E-state index contributed by atoms with van der Waals surface area (Å²) >= 11 is 0. The standard InChI is InChI=1S/C17H25N3O/c1-21-16-11-7-6-10-14(16)20-15(12-19-17(20)18)13-8-4-2-3-5-9-13/h6-7,10-11,13,15H,2-5,8-9,12H2,1H3,(H2,18,19). The number of hydrogen-bond donors (Lipinski definition) is 1. The van der Waals surface area contributed by atoms with Gasteiger partial charge in [-0.3, -0.25) is 4.99 Å². The smallest absolute Gasteiger partial charge is 0.196 e. The number of ether oxygens (including phenoxy) is 1. The van der Waals surface area contributed by atoms with Crippen LogP contribution in [0.2, 0.25) is 0 Å². The second-order valence-corrected chi connectivity index (χ2v) is 6.06. The number of nitrogens with two attached hydrogens (primary N) is 1. The van der Waals surface area contributed by atoms with Crippen LogP contribution in [0.1, 0.15) is 38.5 Å². The lowest BCUT2D eigenvalue weighted by Crippen LogP contribution is -2.45. The lowest BCUT2D eigenvalue weighted by molar-refractivity contribution is 0.382. The molecule has 3 rings (SSSR count). The van der Waals surface area contributed by atoms with Gasteiger partial charge in [0.2, 0.25) is 0 Å². The van der Waals surface area contributed by atoms with Crippen LogP contribution in [0.5, 0.6) is 5.75 Å². The molecule has 1 aliphatic carbocycles. The summed E-state index contributed by atoms with van der Waals surface area (Å²) in [6.07, 6.45) is 7.99. The second-order valence-electron chi connectivity index (χ2n) is 6.06. The highest BCUT2D eigenvalue weighted by atomic mass is 16.5. The van der Waals surface area contributed by atoms with Gasteiger partial charge in [-0.15, -0.1) is 0 Å². The zero-order chi connectivity index (χ0) is 14.7. The van der Waals surface area contributed by atoms with E-state index in [9.17, 15) is 0 Å². The summed E-state index contributed by atoms with van der Waals surface area (Å²) in [4.78, 5) is 6.72. The molecule has 0 radical (unpaired) electrons. The van der Waals surface area contributed by atoms with E-state index in [1.165, 1.54) is 38.5 Å². The number of guanidine groups is 1. The molecule has 2 aliphatic rings. The maximum absolute atomic E-state index is 6.19. The fraction of sp³-hybridized carbons (Fsp3) is 0.588. The molecule has 1 atom stereocenters. The van der Waals surface area contributed by atoms with Crippen LogP contribution in [0.15, 0.2) is 29.3 Å². The highest BCUT2D eigenvalue weighted by Gasteiger charge is 2.35. The van der Waals surface area contributed by atoms with E-state index in [4.69, 9.17) is 10.5 Å². The first-order valence-corrected chi connectivity index (χ1v) is 8.03. The Labute approximate surface area is 127 Å². The molecule has 0 aromatic heterocycles. The number of nitrogens with zero attached hydrogens (tertiary/aromatic N) is 2. The number of rotatable bonds is 3. The van der Waals surface area contributed by atoms with Gasteiger partial charge in [0, 0.05) is 0 Å². The minimum absolute atomic E-state index is 0.388. The molecule has 2 N–H and O–H groups in total. The van der Waals surface area contributed by atoms with Gasteiger partial charge in [0.25, 0.3) is 0 Å². The average molecular weight is 287 g/mol. The van der Waals surface area contributed by atoms with Gasteiger partial charge < -0.3 is 15.4 Å². The predicted octanol–water partition coefficient (Wildman–Crippen LogP) is 3.17. The summed E-state index contributed by atoms with van der Waals surface area (Å²) in [5.41, 5.74) is 7.24. The Kier molecular flexibility index (Phi) is 4.32. The van der Waals surface area contributed by atoms with Crippen LogP contribution in [0, 0.1) is 5.92 Å². The van der Waals surface area contributed by atoms with Crippen LogP contribution in [-0.2, 0) is 0 Å².